The predicted molar refractivity (Wildman–Crippen MR) is 108 cm³/mol. The molecule has 22 heavy (non-hydrogen) atoms. The van der Waals surface area contributed by atoms with Gasteiger partial charge in [0.2, 0.25) is 0 Å². The summed E-state index contributed by atoms with van der Waals surface area (Å²) in [5.41, 5.74) is -16.1. The molecule has 0 nitrogen and oxygen atoms in total. The monoisotopic (exact) mass is 389 g/mol. The highest BCUT2D eigenvalue weighted by Gasteiger charge is 2.36. The third kappa shape index (κ3) is 5.94. The van der Waals surface area contributed by atoms with Crippen molar-refractivity contribution >= 4 is 36.7 Å². The average Bonchev–Trinajstić information content (AvgIpc) is 2.97. The molecule has 3 fully saturated rings. The van der Waals surface area contributed by atoms with Gasteiger partial charge in [-0.2, -0.15) is 0 Å². The molecule has 0 aromatic heterocycles. The van der Waals surface area contributed by atoms with Crippen LogP contribution < -0.4 is 0 Å². The van der Waals surface area contributed by atoms with E-state index in [1.807, 2.05) is 4.31 Å². The molecular formula is C19H33PS2. The van der Waals surface area contributed by atoms with Crippen LogP contribution >= 0.6 is 32.4 Å². The molecule has 0 heterocycles. The summed E-state index contributed by atoms with van der Waals surface area (Å²) in [7, 11) is -6.05. The molecular weight excluding hydrogens is 323 g/mol. The molecule has 3 saturated carbocycles. The number of hydrogen-bond acceptors (Lipinski definition) is 2. The minimum Gasteiger partial charge on any atom is -0.0971 e. The molecule has 3 heteroatoms. The molecule has 0 aromatic carbocycles. The van der Waals surface area contributed by atoms with Crippen molar-refractivity contribution in [1.29, 1.82) is 0 Å². The van der Waals surface area contributed by atoms with E-state index < -0.39 is 120 Å². The van der Waals surface area contributed by atoms with Crippen molar-refractivity contribution in [2.24, 2.45) is 0 Å². The van der Waals surface area contributed by atoms with Gasteiger partial charge in [0.25, 0.3) is 0 Å². The van der Waals surface area contributed by atoms with E-state index in [1.54, 1.807) is 0 Å². The quantitative estimate of drug-likeness (QED) is 0.362. The Kier molecular flexibility index (Phi) is 1.69. The molecule has 0 aromatic rings. The predicted octanol–water partition coefficient (Wildman–Crippen LogP) is 7.48. The molecule has 3 rings (SSSR count). The van der Waals surface area contributed by atoms with Crippen LogP contribution in [0.1, 0.15) is 141 Å². The molecule has 0 amide bonds. The van der Waals surface area contributed by atoms with Crippen LogP contribution in [0.3, 0.4) is 0 Å². The Morgan fingerprint density at radius 3 is 1.09 bits per heavy atom. The van der Waals surface area contributed by atoms with E-state index in [1.165, 1.54) is 0 Å². The number of rotatable bonds is 3. The standard InChI is InChI=1S/C18H33P.CS2/c1-4-10-16(11-5-1)19(17-12-6-2-7-13-17)18-14-8-3-9-15-18;2-1-3/h16-18H,1-15H2;/i1D2,2D2,3D2,4D2,5D2,6D2,7D2,8D2,9D2,10D2,11D2,12D2,13D2,14D2,15D2,16D,17D,18D;. The van der Waals surface area contributed by atoms with Crippen LogP contribution in [0.2, 0.25) is 0 Å². The Labute approximate surface area is 196 Å². The van der Waals surface area contributed by atoms with Gasteiger partial charge in [0, 0.05) is 49.5 Å². The SMILES string of the molecule is S=C=S.[2H]C1([2H])C([2H])([2H])C([2H])([2H])C([2H])(P(C2([2H])C([2H])([2H])C([2H])([2H])C([2H])([2H])C([2H])([2H])C2([2H])[2H])C2([2H])C([2H])([2H])C([2H])([2H])C([2H])([2H])C([2H])([2H])C2([2H])[2H])C([2H])([2H])C1([2H])[2H]. The Balaban J connectivity index is 0.00000337. The summed E-state index contributed by atoms with van der Waals surface area (Å²) < 4.78 is 285. The molecule has 0 saturated heterocycles. The lowest BCUT2D eigenvalue weighted by Crippen LogP contribution is -2.28. The normalized spacial score (nSPS) is 86.1. The molecule has 3 aliphatic carbocycles. The van der Waals surface area contributed by atoms with Gasteiger partial charge < -0.3 is 0 Å². The number of hydrogen-bond donors (Lipinski definition) is 0. The van der Waals surface area contributed by atoms with Gasteiger partial charge in [-0.05, 0) is 79.6 Å². The first-order valence-corrected chi connectivity index (χ1v) is 7.74. The Morgan fingerprint density at radius 1 is 0.636 bits per heavy atom. The summed E-state index contributed by atoms with van der Waals surface area (Å²) in [6, 6.07) is 0. The largest absolute Gasteiger partial charge is 0.0971 e. The number of thiocarbonyl (C=S) groups is 2. The summed E-state index contributed by atoms with van der Waals surface area (Å²) in [6.07, 6.45) is -72.5. The van der Waals surface area contributed by atoms with Crippen LogP contribution in [0.15, 0.2) is 0 Å². The first-order chi connectivity index (χ1) is 23.3. The second-order valence-corrected chi connectivity index (χ2v) is 6.02. The second-order valence-electron chi connectivity index (χ2n) is 3.34. The van der Waals surface area contributed by atoms with Crippen molar-refractivity contribution in [3.63, 3.8) is 0 Å². The zero-order chi connectivity index (χ0) is 45.3. The minimum absolute atomic E-state index is 1.92. The van der Waals surface area contributed by atoms with Crippen LogP contribution in [0.4, 0.5) is 0 Å². The average molecular weight is 390 g/mol. The van der Waals surface area contributed by atoms with Crippen molar-refractivity contribution in [3.05, 3.63) is 0 Å². The molecule has 0 radical (unpaired) electrons. The van der Waals surface area contributed by atoms with Gasteiger partial charge in [-0.1, -0.05) is 65.3 Å². The van der Waals surface area contributed by atoms with Crippen LogP contribution in [0, 0.1) is 0 Å². The minimum atomic E-state index is -6.05. The maximum atomic E-state index is 9.46. The Morgan fingerprint density at radius 2 is 0.864 bits per heavy atom. The van der Waals surface area contributed by atoms with Crippen molar-refractivity contribution in [3.8, 4) is 0 Å². The lowest BCUT2D eigenvalue weighted by atomic mass is 9.99. The van der Waals surface area contributed by atoms with Gasteiger partial charge in [-0.25, -0.2) is 0 Å². The van der Waals surface area contributed by atoms with Crippen LogP contribution in [0.25, 0.3) is 0 Å². The van der Waals surface area contributed by atoms with E-state index in [-0.39, 0.29) is 0 Å². The summed E-state index contributed by atoms with van der Waals surface area (Å²) >= 11 is 7.92. The molecule has 0 N–H and O–H groups in total. The smallest absolute Gasteiger partial charge is 0.0352 e. The van der Waals surface area contributed by atoms with E-state index in [4.69, 9.17) is 41.1 Å². The fraction of sp³-hybridized carbons (Fsp3) is 0.947. The lowest BCUT2D eigenvalue weighted by molar-refractivity contribution is 0.460. The van der Waals surface area contributed by atoms with Crippen molar-refractivity contribution in [1.82, 2.24) is 0 Å². The molecule has 126 valence electrons. The van der Waals surface area contributed by atoms with E-state index in [2.05, 4.69) is 24.4 Å². The molecule has 0 atom stereocenters. The maximum Gasteiger partial charge on any atom is 0.0352 e. The van der Waals surface area contributed by atoms with E-state index in [0.29, 0.717) is 0 Å². The second kappa shape index (κ2) is 11.2. The molecule has 0 bridgehead atoms. The Hall–Kier alpha value is 0.650. The summed E-state index contributed by atoms with van der Waals surface area (Å²) in [6.45, 7) is 0. The Bertz CT molecular complexity index is 1330. The highest BCUT2D eigenvalue weighted by atomic mass is 32.1. The maximum absolute atomic E-state index is 9.46. The summed E-state index contributed by atoms with van der Waals surface area (Å²) in [5.74, 6) is 0. The molecule has 0 spiro atoms. The highest BCUT2D eigenvalue weighted by Crippen LogP contribution is 2.61. The van der Waals surface area contributed by atoms with E-state index in [0.717, 1.165) is 0 Å². The summed E-state index contributed by atoms with van der Waals surface area (Å²) in [5, 5.41) is 0. The topological polar surface area (TPSA) is 0 Å². The van der Waals surface area contributed by atoms with Crippen LogP contribution in [-0.4, -0.2) is 21.2 Å². The zero-order valence-corrected chi connectivity index (χ0v) is 13.3. The van der Waals surface area contributed by atoms with Gasteiger partial charge >= 0.3 is 0 Å². The third-order valence-corrected chi connectivity index (χ3v) is 4.14. The van der Waals surface area contributed by atoms with Gasteiger partial charge in [0.15, 0.2) is 0 Å². The lowest BCUT2D eigenvalue weighted by Gasteiger charge is -2.44. The van der Waals surface area contributed by atoms with Gasteiger partial charge in [0.1, 0.15) is 0 Å². The zero-order valence-electron chi connectivity index (χ0n) is 43.8. The van der Waals surface area contributed by atoms with Crippen molar-refractivity contribution < 1.29 is 45.2 Å². The molecule has 3 aliphatic rings. The van der Waals surface area contributed by atoms with Crippen LogP contribution in [-0.2, 0) is 0 Å². The van der Waals surface area contributed by atoms with Crippen molar-refractivity contribution in [2.45, 2.75) is 112 Å². The first-order valence-electron chi connectivity index (χ1n) is 22.1. The van der Waals surface area contributed by atoms with E-state index >= 15 is 0 Å². The fourth-order valence-corrected chi connectivity index (χ4v) is 3.08. The molecule has 0 aliphatic heterocycles. The fourth-order valence-electron chi connectivity index (χ4n) is 1.40. The van der Waals surface area contributed by atoms with Gasteiger partial charge in [-0.15, -0.1) is 0 Å². The highest BCUT2D eigenvalue weighted by molar-refractivity contribution is 7.93. The van der Waals surface area contributed by atoms with Crippen molar-refractivity contribution in [2.75, 3.05) is 0 Å². The molecule has 0 unspecified atom stereocenters. The van der Waals surface area contributed by atoms with Crippen LogP contribution in [0.5, 0.6) is 0 Å². The first kappa shape index (κ1) is 3.31. The third-order valence-electron chi connectivity index (χ3n) is 2.13. The summed E-state index contributed by atoms with van der Waals surface area (Å²) in [4.78, 5) is 0. The van der Waals surface area contributed by atoms with Gasteiger partial charge in [0.05, 0.1) is 0 Å². The van der Waals surface area contributed by atoms with Gasteiger partial charge in [-0.3, -0.25) is 0 Å². The van der Waals surface area contributed by atoms with E-state index in [9.17, 15) is 4.11 Å².